The fourth-order valence-corrected chi connectivity index (χ4v) is 5.65. The van der Waals surface area contributed by atoms with Gasteiger partial charge >= 0.3 is 5.97 Å². The second-order valence-corrected chi connectivity index (χ2v) is 10.5. The molecule has 0 atom stereocenters. The van der Waals surface area contributed by atoms with Crippen LogP contribution >= 0.6 is 11.9 Å². The number of halogens is 1. The van der Waals surface area contributed by atoms with Crippen molar-refractivity contribution in [1.29, 1.82) is 0 Å². The number of allylic oxidation sites excluding steroid dienone is 4. The monoisotopic (exact) mass is 452 g/mol. The maximum Gasteiger partial charge on any atom is 0.307 e. The summed E-state index contributed by atoms with van der Waals surface area (Å²) in [6, 6.07) is 1.57. The van der Waals surface area contributed by atoms with E-state index in [-0.39, 0.29) is 17.7 Å². The maximum absolute atomic E-state index is 14.0. The van der Waals surface area contributed by atoms with Crippen LogP contribution in [0.15, 0.2) is 30.5 Å². The van der Waals surface area contributed by atoms with Crippen molar-refractivity contribution >= 4 is 29.2 Å². The molecule has 0 amide bonds. The number of hydrogen-bond donors (Lipinski definition) is 1. The van der Waals surface area contributed by atoms with Crippen molar-refractivity contribution in [3.63, 3.8) is 0 Å². The standard InChI is InChI=1S/C26H29FN2O2S/c1-6-32-29-14-18-11-19(27)13-28-24(18)23-16(3)22(17-7-9-26(4,5)10-8-17)20(12-21(30)31)15(2)25(23)29/h7-9,11,13H,6,10,12,14H2,1-5H3,(H,30,31). The van der Waals surface area contributed by atoms with Gasteiger partial charge in [0.1, 0.15) is 5.82 Å². The molecule has 0 saturated carbocycles. The first-order valence-corrected chi connectivity index (χ1v) is 11.9. The molecule has 0 fully saturated rings. The highest BCUT2D eigenvalue weighted by Gasteiger charge is 2.32. The number of benzene rings is 1. The van der Waals surface area contributed by atoms with E-state index in [1.165, 1.54) is 6.20 Å². The summed E-state index contributed by atoms with van der Waals surface area (Å²) in [7, 11) is 0. The van der Waals surface area contributed by atoms with Crippen LogP contribution in [0.4, 0.5) is 10.1 Å². The number of fused-ring (bicyclic) bond motifs is 3. The summed E-state index contributed by atoms with van der Waals surface area (Å²) < 4.78 is 16.2. The van der Waals surface area contributed by atoms with Gasteiger partial charge in [0, 0.05) is 16.9 Å². The number of carbonyl (C=O) groups is 1. The van der Waals surface area contributed by atoms with Crippen LogP contribution in [0.5, 0.6) is 0 Å². The summed E-state index contributed by atoms with van der Waals surface area (Å²) in [4.78, 5) is 16.4. The molecule has 2 heterocycles. The Morgan fingerprint density at radius 1 is 1.28 bits per heavy atom. The average molecular weight is 453 g/mol. The van der Waals surface area contributed by atoms with Crippen molar-refractivity contribution in [2.75, 3.05) is 10.1 Å². The highest BCUT2D eigenvalue weighted by molar-refractivity contribution is 8.00. The molecule has 0 bridgehead atoms. The van der Waals surface area contributed by atoms with Crippen molar-refractivity contribution < 1.29 is 14.3 Å². The summed E-state index contributed by atoms with van der Waals surface area (Å²) in [5, 5.41) is 9.74. The molecule has 0 radical (unpaired) electrons. The number of pyridine rings is 1. The highest BCUT2D eigenvalue weighted by Crippen LogP contribution is 2.49. The van der Waals surface area contributed by atoms with Crippen molar-refractivity contribution in [1.82, 2.24) is 4.98 Å². The Bertz CT molecular complexity index is 1170. The molecule has 1 aliphatic heterocycles. The minimum Gasteiger partial charge on any atom is -0.481 e. The van der Waals surface area contributed by atoms with Gasteiger partial charge in [-0.3, -0.25) is 9.78 Å². The van der Waals surface area contributed by atoms with E-state index in [2.05, 4.69) is 48.3 Å². The molecule has 1 N–H and O–H groups in total. The summed E-state index contributed by atoms with van der Waals surface area (Å²) in [5.41, 5.74) is 8.52. The predicted octanol–water partition coefficient (Wildman–Crippen LogP) is 6.49. The van der Waals surface area contributed by atoms with Crippen LogP contribution in [0.1, 0.15) is 55.0 Å². The minimum absolute atomic E-state index is 0.0435. The fraction of sp³-hybridized carbons (Fsp3) is 0.385. The third-order valence-electron chi connectivity index (χ3n) is 6.29. The Hall–Kier alpha value is -2.60. The van der Waals surface area contributed by atoms with E-state index < -0.39 is 5.97 Å². The van der Waals surface area contributed by atoms with Crippen LogP contribution in [0, 0.1) is 25.1 Å². The van der Waals surface area contributed by atoms with E-state index in [1.807, 2.05) is 13.8 Å². The van der Waals surface area contributed by atoms with E-state index in [1.54, 1.807) is 18.0 Å². The van der Waals surface area contributed by atoms with E-state index >= 15 is 0 Å². The second-order valence-electron chi connectivity index (χ2n) is 9.20. The molecular formula is C26H29FN2O2S. The average Bonchev–Trinajstić information content (AvgIpc) is 2.71. The molecule has 1 aromatic carbocycles. The number of carboxylic acid groups (broad SMARTS) is 1. The first kappa shape index (κ1) is 22.6. The van der Waals surface area contributed by atoms with Gasteiger partial charge in [0.05, 0.1) is 30.5 Å². The van der Waals surface area contributed by atoms with Crippen molar-refractivity contribution in [2.24, 2.45) is 5.41 Å². The maximum atomic E-state index is 14.0. The lowest BCUT2D eigenvalue weighted by Crippen LogP contribution is -2.24. The van der Waals surface area contributed by atoms with Crippen LogP contribution in [0.25, 0.3) is 16.8 Å². The van der Waals surface area contributed by atoms with Gasteiger partial charge in [-0.2, -0.15) is 0 Å². The van der Waals surface area contributed by atoms with Crippen LogP contribution in [-0.2, 0) is 17.8 Å². The van der Waals surface area contributed by atoms with Crippen LogP contribution in [0.3, 0.4) is 0 Å². The van der Waals surface area contributed by atoms with E-state index in [0.717, 1.165) is 62.5 Å². The van der Waals surface area contributed by atoms with Crippen LogP contribution in [0.2, 0.25) is 0 Å². The molecule has 4 nitrogen and oxygen atoms in total. The largest absolute Gasteiger partial charge is 0.481 e. The molecule has 1 aliphatic carbocycles. The number of carboxylic acids is 1. The fourth-order valence-electron chi connectivity index (χ4n) is 4.75. The highest BCUT2D eigenvalue weighted by atomic mass is 32.2. The Kier molecular flexibility index (Phi) is 5.93. The molecule has 0 saturated heterocycles. The van der Waals surface area contributed by atoms with E-state index in [9.17, 15) is 14.3 Å². The third-order valence-corrected chi connectivity index (χ3v) is 7.18. The number of anilines is 1. The van der Waals surface area contributed by atoms with Crippen molar-refractivity contribution in [2.45, 2.75) is 54.0 Å². The number of nitrogens with zero attached hydrogens (tertiary/aromatic N) is 2. The predicted molar refractivity (Wildman–Crippen MR) is 130 cm³/mol. The molecule has 32 heavy (non-hydrogen) atoms. The number of aliphatic carboxylic acids is 1. The Morgan fingerprint density at radius 3 is 2.66 bits per heavy atom. The molecule has 4 rings (SSSR count). The molecule has 168 valence electrons. The Labute approximate surface area is 193 Å². The smallest absolute Gasteiger partial charge is 0.307 e. The molecule has 0 spiro atoms. The lowest BCUT2D eigenvalue weighted by molar-refractivity contribution is -0.136. The quantitative estimate of drug-likeness (QED) is 0.526. The van der Waals surface area contributed by atoms with Gasteiger partial charge in [0.15, 0.2) is 0 Å². The number of hydrogen-bond acceptors (Lipinski definition) is 4. The molecule has 6 heteroatoms. The molecule has 2 aromatic rings. The SMILES string of the molecule is CCSN1Cc2cc(F)cnc2-c2c(C)c(C3=CCC(C)(C)C=C3)c(CC(=O)O)c(C)c21. The topological polar surface area (TPSA) is 53.4 Å². The van der Waals surface area contributed by atoms with Crippen molar-refractivity contribution in [3.05, 3.63) is 64.1 Å². The minimum atomic E-state index is -0.847. The van der Waals surface area contributed by atoms with Crippen LogP contribution < -0.4 is 4.31 Å². The molecular weight excluding hydrogens is 423 g/mol. The van der Waals surface area contributed by atoms with E-state index in [0.29, 0.717) is 6.54 Å². The third kappa shape index (κ3) is 3.96. The molecule has 0 unspecified atom stereocenters. The van der Waals surface area contributed by atoms with Gasteiger partial charge in [0.2, 0.25) is 0 Å². The van der Waals surface area contributed by atoms with Crippen LogP contribution in [-0.4, -0.2) is 21.8 Å². The normalized spacial score (nSPS) is 16.4. The van der Waals surface area contributed by atoms with Gasteiger partial charge in [-0.25, -0.2) is 4.39 Å². The zero-order valence-corrected chi connectivity index (χ0v) is 20.1. The Morgan fingerprint density at radius 2 is 2.03 bits per heavy atom. The lowest BCUT2D eigenvalue weighted by Gasteiger charge is -2.36. The second kappa shape index (κ2) is 8.39. The summed E-state index contributed by atoms with van der Waals surface area (Å²) in [5.74, 6) is -0.332. The Balaban J connectivity index is 2.04. The van der Waals surface area contributed by atoms with Gasteiger partial charge in [-0.05, 0) is 71.5 Å². The van der Waals surface area contributed by atoms with Crippen molar-refractivity contribution in [3.8, 4) is 11.3 Å². The van der Waals surface area contributed by atoms with Gasteiger partial charge < -0.3 is 9.41 Å². The zero-order chi connectivity index (χ0) is 23.2. The summed E-state index contributed by atoms with van der Waals surface area (Å²) in [6.45, 7) is 11.0. The number of rotatable bonds is 5. The van der Waals surface area contributed by atoms with E-state index in [4.69, 9.17) is 0 Å². The molecule has 2 aliphatic rings. The summed E-state index contributed by atoms with van der Waals surface area (Å²) in [6.07, 6.45) is 8.63. The first-order valence-electron chi connectivity index (χ1n) is 11.0. The zero-order valence-electron chi connectivity index (χ0n) is 19.3. The van der Waals surface area contributed by atoms with Gasteiger partial charge in [-0.1, -0.05) is 39.0 Å². The number of aromatic nitrogens is 1. The summed E-state index contributed by atoms with van der Waals surface area (Å²) >= 11 is 1.66. The first-order chi connectivity index (χ1) is 15.1. The van der Waals surface area contributed by atoms with Gasteiger partial charge in [-0.15, -0.1) is 0 Å². The molecule has 1 aromatic heterocycles. The lowest BCUT2D eigenvalue weighted by atomic mass is 9.78. The van der Waals surface area contributed by atoms with Gasteiger partial charge in [0.25, 0.3) is 0 Å².